The molecule has 7 heterocycles. The molecule has 10 aromatic rings. The summed E-state index contributed by atoms with van der Waals surface area (Å²) in [4.78, 5) is 0. The average molecular weight is 670 g/mol. The standard InChI is InChI=1S/C48H35N3O/c1-28-18-21-40-36-25-37-38-26-45-46(35-14-6-8-17-44(35)52-45)47-34-13-5-7-16-41(34)51(48(38)47)43(37)24-30(36)19-20-33-31-11-3-4-12-32(31)39-15-9-10-22-49(39)42(33)23-29(2)50(40)27-28/h3-18,21-22,24-27,33,42H,2,19-20,23H2,1H3/q+2. The molecule has 0 saturated heterocycles. The van der Waals surface area contributed by atoms with Crippen molar-refractivity contribution in [3.63, 3.8) is 0 Å². The molecule has 52 heavy (non-hydrogen) atoms. The van der Waals surface area contributed by atoms with E-state index >= 15 is 0 Å². The largest absolute Gasteiger partial charge is 0.456 e. The first-order valence-corrected chi connectivity index (χ1v) is 18.5. The van der Waals surface area contributed by atoms with Gasteiger partial charge in [-0.25, -0.2) is 0 Å². The molecule has 0 aliphatic carbocycles. The van der Waals surface area contributed by atoms with Gasteiger partial charge < -0.3 is 8.82 Å². The van der Waals surface area contributed by atoms with Gasteiger partial charge in [0, 0.05) is 67.6 Å². The van der Waals surface area contributed by atoms with Crippen LogP contribution in [0.3, 0.4) is 0 Å². The summed E-state index contributed by atoms with van der Waals surface area (Å²) in [5.41, 5.74) is 15.9. The zero-order valence-corrected chi connectivity index (χ0v) is 28.9. The summed E-state index contributed by atoms with van der Waals surface area (Å²) in [6.07, 6.45) is 7.44. The molecule has 2 atom stereocenters. The van der Waals surface area contributed by atoms with Crippen LogP contribution in [0.5, 0.6) is 0 Å². The monoisotopic (exact) mass is 669 g/mol. The quantitative estimate of drug-likeness (QED) is 0.148. The van der Waals surface area contributed by atoms with Crippen molar-refractivity contribution >= 4 is 65.7 Å². The van der Waals surface area contributed by atoms with E-state index < -0.39 is 0 Å². The molecule has 12 rings (SSSR count). The smallest absolute Gasteiger partial charge is 0.218 e. The van der Waals surface area contributed by atoms with Crippen molar-refractivity contribution in [1.82, 2.24) is 4.40 Å². The van der Waals surface area contributed by atoms with E-state index in [-0.39, 0.29) is 6.04 Å². The third-order valence-corrected chi connectivity index (χ3v) is 12.3. The Labute approximate surface area is 300 Å². The maximum Gasteiger partial charge on any atom is 0.218 e. The second kappa shape index (κ2) is 10.2. The molecule has 0 spiro atoms. The summed E-state index contributed by atoms with van der Waals surface area (Å²) >= 11 is 0. The number of allylic oxidation sites excluding steroid dienone is 1. The molecule has 0 radical (unpaired) electrons. The van der Waals surface area contributed by atoms with E-state index in [9.17, 15) is 0 Å². The fourth-order valence-corrected chi connectivity index (χ4v) is 10.1. The predicted molar refractivity (Wildman–Crippen MR) is 211 cm³/mol. The molecule has 246 valence electrons. The van der Waals surface area contributed by atoms with Crippen molar-refractivity contribution in [2.45, 2.75) is 38.1 Å². The van der Waals surface area contributed by atoms with Gasteiger partial charge in [-0.2, -0.15) is 9.13 Å². The fourth-order valence-electron chi connectivity index (χ4n) is 10.1. The summed E-state index contributed by atoms with van der Waals surface area (Å²) in [5, 5.41) is 7.42. The van der Waals surface area contributed by atoms with Crippen LogP contribution in [0, 0.1) is 6.92 Å². The Balaban J connectivity index is 1.17. The van der Waals surface area contributed by atoms with E-state index in [4.69, 9.17) is 11.0 Å². The summed E-state index contributed by atoms with van der Waals surface area (Å²) < 4.78 is 14.0. The molecule has 5 aromatic carbocycles. The molecule has 0 amide bonds. The maximum atomic E-state index is 6.60. The van der Waals surface area contributed by atoms with Gasteiger partial charge in [-0.15, -0.1) is 0 Å². The first-order chi connectivity index (χ1) is 25.6. The zero-order valence-electron chi connectivity index (χ0n) is 28.9. The van der Waals surface area contributed by atoms with Crippen LogP contribution in [-0.2, 0) is 6.42 Å². The minimum Gasteiger partial charge on any atom is -0.456 e. The number of aryl methyl sites for hydroxylation is 2. The molecule has 4 nitrogen and oxygen atoms in total. The first kappa shape index (κ1) is 28.4. The van der Waals surface area contributed by atoms with Gasteiger partial charge in [0.05, 0.1) is 28.5 Å². The highest BCUT2D eigenvalue weighted by atomic mass is 16.3. The Morgan fingerprint density at radius 2 is 1.52 bits per heavy atom. The van der Waals surface area contributed by atoms with Crippen LogP contribution < -0.4 is 9.13 Å². The Bertz CT molecular complexity index is 3160. The lowest BCUT2D eigenvalue weighted by molar-refractivity contribution is -0.720. The lowest BCUT2D eigenvalue weighted by Gasteiger charge is -2.31. The summed E-state index contributed by atoms with van der Waals surface area (Å²) in [6.45, 7) is 7.00. The number of furan rings is 1. The van der Waals surface area contributed by atoms with Gasteiger partial charge in [-0.3, -0.25) is 0 Å². The number of hydrogen-bond acceptors (Lipinski definition) is 1. The van der Waals surface area contributed by atoms with Crippen molar-refractivity contribution < 1.29 is 13.6 Å². The SMILES string of the molecule is C=C1CC2C(CCc3cc4c(cc3-c3ccc(C)c[n+]31)c1cc3oc5ccccc5c3c3c5ccccc5n4c13)c1ccccc1-c1cccc[n+]12. The molecule has 5 aromatic heterocycles. The molecule has 0 fully saturated rings. The molecule has 0 N–H and O–H groups in total. The predicted octanol–water partition coefficient (Wildman–Crippen LogP) is 11.1. The van der Waals surface area contributed by atoms with Gasteiger partial charge in [0.1, 0.15) is 11.2 Å². The van der Waals surface area contributed by atoms with Gasteiger partial charge in [-0.1, -0.05) is 54.6 Å². The summed E-state index contributed by atoms with van der Waals surface area (Å²) in [6, 6.07) is 45.2. The van der Waals surface area contributed by atoms with Gasteiger partial charge in [-0.05, 0) is 86.0 Å². The Morgan fingerprint density at radius 3 is 2.46 bits per heavy atom. The fraction of sp³-hybridized carbons (Fsp3) is 0.125. The Morgan fingerprint density at radius 1 is 0.692 bits per heavy atom. The third-order valence-electron chi connectivity index (χ3n) is 12.3. The van der Waals surface area contributed by atoms with E-state index in [2.05, 4.69) is 154 Å². The van der Waals surface area contributed by atoms with Crippen LogP contribution in [-0.4, -0.2) is 4.40 Å². The Hall–Kier alpha value is -6.26. The minimum absolute atomic E-state index is 0.262. The lowest BCUT2D eigenvalue weighted by atomic mass is 9.77. The van der Waals surface area contributed by atoms with Crippen LogP contribution in [0.2, 0.25) is 0 Å². The van der Waals surface area contributed by atoms with Crippen LogP contribution in [0.1, 0.15) is 41.5 Å². The number of rotatable bonds is 0. The molecule has 2 aliphatic heterocycles. The number of fused-ring (bicyclic) bond motifs is 19. The zero-order chi connectivity index (χ0) is 34.2. The van der Waals surface area contributed by atoms with Crippen LogP contribution in [0.4, 0.5) is 0 Å². The number of aromatic nitrogens is 3. The van der Waals surface area contributed by atoms with E-state index in [0.29, 0.717) is 5.92 Å². The second-order valence-electron chi connectivity index (χ2n) is 15.0. The molecule has 0 bridgehead atoms. The molecule has 0 saturated carbocycles. The molecule has 4 heteroatoms. The summed E-state index contributed by atoms with van der Waals surface area (Å²) in [5.74, 6) is 0.345. The number of para-hydroxylation sites is 2. The number of hydrogen-bond donors (Lipinski definition) is 0. The van der Waals surface area contributed by atoms with E-state index in [1.165, 1.54) is 88.1 Å². The normalized spacial score (nSPS) is 17.1. The van der Waals surface area contributed by atoms with Crippen molar-refractivity contribution in [1.29, 1.82) is 0 Å². The van der Waals surface area contributed by atoms with Crippen molar-refractivity contribution in [2.75, 3.05) is 0 Å². The topological polar surface area (TPSA) is 25.3 Å². The molecular formula is C48H35N3O+2. The third kappa shape index (κ3) is 3.66. The Kier molecular flexibility index (Phi) is 5.56. The van der Waals surface area contributed by atoms with Crippen LogP contribution in [0.15, 0.2) is 145 Å². The highest BCUT2D eigenvalue weighted by Crippen LogP contribution is 2.48. The van der Waals surface area contributed by atoms with Gasteiger partial charge in [0.2, 0.25) is 11.4 Å². The van der Waals surface area contributed by atoms with E-state index in [1.54, 1.807) is 0 Å². The van der Waals surface area contributed by atoms with Crippen molar-refractivity contribution in [3.05, 3.63) is 157 Å². The maximum absolute atomic E-state index is 6.60. The van der Waals surface area contributed by atoms with E-state index in [1.807, 2.05) is 0 Å². The lowest BCUT2D eigenvalue weighted by Crippen LogP contribution is -2.49. The average Bonchev–Trinajstić information content (AvgIpc) is 3.83. The van der Waals surface area contributed by atoms with Gasteiger partial charge in [0.25, 0.3) is 0 Å². The number of nitrogens with zero attached hydrogens (tertiary/aromatic N) is 3. The van der Waals surface area contributed by atoms with Crippen molar-refractivity contribution in [3.8, 4) is 22.5 Å². The molecule has 2 aliphatic rings. The van der Waals surface area contributed by atoms with Crippen molar-refractivity contribution in [2.24, 2.45) is 0 Å². The summed E-state index contributed by atoms with van der Waals surface area (Å²) in [7, 11) is 0. The number of pyridine rings is 2. The highest BCUT2D eigenvalue weighted by molar-refractivity contribution is 6.34. The number of benzene rings is 5. The first-order valence-electron chi connectivity index (χ1n) is 18.5. The second-order valence-corrected chi connectivity index (χ2v) is 15.0. The molecular weight excluding hydrogens is 635 g/mol. The van der Waals surface area contributed by atoms with Gasteiger partial charge in [0.15, 0.2) is 24.1 Å². The van der Waals surface area contributed by atoms with Gasteiger partial charge >= 0.3 is 0 Å². The highest BCUT2D eigenvalue weighted by Gasteiger charge is 2.42. The van der Waals surface area contributed by atoms with Crippen LogP contribution >= 0.6 is 0 Å². The minimum atomic E-state index is 0.262. The van der Waals surface area contributed by atoms with Crippen LogP contribution in [0.25, 0.3) is 88.2 Å². The van der Waals surface area contributed by atoms with E-state index in [0.717, 1.165) is 36.1 Å². The molecule has 2 unspecified atom stereocenters.